The molecule has 2 aliphatic rings. The van der Waals surface area contributed by atoms with Gasteiger partial charge in [-0.15, -0.1) is 0 Å². The number of hydrogen-bond acceptors (Lipinski definition) is 5. The second kappa shape index (κ2) is 7.94. The average Bonchev–Trinajstić information content (AvgIpc) is 2.83. The predicted molar refractivity (Wildman–Crippen MR) is 106 cm³/mol. The molecule has 0 spiro atoms. The number of ether oxygens (including phenoxy) is 1. The van der Waals surface area contributed by atoms with Gasteiger partial charge in [-0.2, -0.15) is 0 Å². The summed E-state index contributed by atoms with van der Waals surface area (Å²) in [7, 11) is -0.400. The van der Waals surface area contributed by atoms with E-state index in [2.05, 4.69) is 56.9 Å². The molecule has 2 saturated heterocycles. The maximum Gasteiger partial charge on any atom is 0.463 e. The fraction of sp³-hybridized carbons (Fsp3) is 0.667. The summed E-state index contributed by atoms with van der Waals surface area (Å²) in [4.78, 5) is 15.0. The molecule has 0 aliphatic carbocycles. The smallest absolute Gasteiger partial charge is 0.463 e. The maximum atomic E-state index is 12.6. The molecule has 1 aromatic rings. The highest BCUT2D eigenvalue weighted by atomic mass is 16.7. The Hall–Kier alpha value is -1.37. The molecule has 0 radical (unpaired) electrons. The van der Waals surface area contributed by atoms with Gasteiger partial charge in [0, 0.05) is 18.9 Å². The standard InChI is InChI=1S/C21H32BNO4/c1-6-25-19(24)17-12-13-23(14-16-10-8-7-9-11-16)15-18(17)22-26-20(2,3)21(4,5)27-22/h7-11,17-18H,6,12-15H2,1-5H3/t17-,18-/m0/s1. The first-order chi connectivity index (χ1) is 12.7. The van der Waals surface area contributed by atoms with Crippen molar-refractivity contribution in [2.75, 3.05) is 19.7 Å². The van der Waals surface area contributed by atoms with Crippen LogP contribution in [0.5, 0.6) is 0 Å². The van der Waals surface area contributed by atoms with Crippen LogP contribution in [0.25, 0.3) is 0 Å². The number of nitrogens with zero attached hydrogens (tertiary/aromatic N) is 1. The number of benzene rings is 1. The molecule has 2 heterocycles. The number of carbonyl (C=O) groups is 1. The molecule has 2 atom stereocenters. The summed E-state index contributed by atoms with van der Waals surface area (Å²) in [6, 6.07) is 10.4. The summed E-state index contributed by atoms with van der Waals surface area (Å²) in [6.07, 6.45) is 0.764. The Morgan fingerprint density at radius 1 is 1.19 bits per heavy atom. The molecule has 3 rings (SSSR count). The molecule has 0 bridgehead atoms. The molecule has 2 aliphatic heterocycles. The van der Waals surface area contributed by atoms with Crippen LogP contribution < -0.4 is 0 Å². The van der Waals surface area contributed by atoms with Gasteiger partial charge in [-0.3, -0.25) is 9.69 Å². The van der Waals surface area contributed by atoms with Gasteiger partial charge in [0.2, 0.25) is 0 Å². The van der Waals surface area contributed by atoms with Gasteiger partial charge >= 0.3 is 13.1 Å². The molecule has 5 nitrogen and oxygen atoms in total. The van der Waals surface area contributed by atoms with E-state index in [1.165, 1.54) is 5.56 Å². The van der Waals surface area contributed by atoms with Crippen molar-refractivity contribution in [3.63, 3.8) is 0 Å². The van der Waals surface area contributed by atoms with Gasteiger partial charge in [0.25, 0.3) is 0 Å². The number of carbonyl (C=O) groups excluding carboxylic acids is 1. The maximum absolute atomic E-state index is 12.6. The van der Waals surface area contributed by atoms with E-state index in [0.29, 0.717) is 6.61 Å². The van der Waals surface area contributed by atoms with Crippen LogP contribution in [0.15, 0.2) is 30.3 Å². The zero-order valence-electron chi connectivity index (χ0n) is 17.2. The summed E-state index contributed by atoms with van der Waals surface area (Å²) in [5, 5.41) is 0. The first kappa shape index (κ1) is 20.4. The molecule has 6 heteroatoms. The highest BCUT2D eigenvalue weighted by molar-refractivity contribution is 6.48. The molecular formula is C21H32BNO4. The van der Waals surface area contributed by atoms with E-state index < -0.39 is 18.3 Å². The Morgan fingerprint density at radius 3 is 2.41 bits per heavy atom. The van der Waals surface area contributed by atoms with Crippen molar-refractivity contribution >= 4 is 13.1 Å². The molecule has 27 heavy (non-hydrogen) atoms. The van der Waals surface area contributed by atoms with Gasteiger partial charge in [-0.25, -0.2) is 0 Å². The van der Waals surface area contributed by atoms with Crippen molar-refractivity contribution in [1.29, 1.82) is 0 Å². The molecule has 2 fully saturated rings. The van der Waals surface area contributed by atoms with E-state index in [0.717, 1.165) is 26.1 Å². The van der Waals surface area contributed by atoms with Crippen LogP contribution in [-0.2, 0) is 25.4 Å². The third-order valence-electron chi connectivity index (χ3n) is 6.20. The lowest BCUT2D eigenvalue weighted by atomic mass is 9.62. The van der Waals surface area contributed by atoms with Gasteiger partial charge < -0.3 is 14.0 Å². The van der Waals surface area contributed by atoms with Crippen molar-refractivity contribution in [3.8, 4) is 0 Å². The van der Waals surface area contributed by atoms with Crippen molar-refractivity contribution < 1.29 is 18.8 Å². The van der Waals surface area contributed by atoms with Crippen LogP contribution >= 0.6 is 0 Å². The number of esters is 1. The lowest BCUT2D eigenvalue weighted by Crippen LogP contribution is -2.47. The Bertz CT molecular complexity index is 633. The van der Waals surface area contributed by atoms with E-state index in [-0.39, 0.29) is 17.7 Å². The van der Waals surface area contributed by atoms with Crippen LogP contribution in [0.4, 0.5) is 0 Å². The Kier molecular flexibility index (Phi) is 5.99. The van der Waals surface area contributed by atoms with E-state index in [9.17, 15) is 4.79 Å². The number of rotatable bonds is 5. The fourth-order valence-electron chi connectivity index (χ4n) is 3.92. The number of piperidine rings is 1. The van der Waals surface area contributed by atoms with Crippen molar-refractivity contribution in [2.24, 2.45) is 5.92 Å². The summed E-state index contributed by atoms with van der Waals surface area (Å²) in [5.74, 6) is -0.356. The topological polar surface area (TPSA) is 48.0 Å². The average molecular weight is 373 g/mol. The normalized spacial score (nSPS) is 27.5. The van der Waals surface area contributed by atoms with Crippen molar-refractivity contribution in [2.45, 2.75) is 64.6 Å². The van der Waals surface area contributed by atoms with Crippen LogP contribution in [0.3, 0.4) is 0 Å². The predicted octanol–water partition coefficient (Wildman–Crippen LogP) is 3.53. The minimum absolute atomic E-state index is 0.0393. The van der Waals surface area contributed by atoms with Crippen LogP contribution in [0.2, 0.25) is 5.82 Å². The summed E-state index contributed by atoms with van der Waals surface area (Å²) < 4.78 is 18.0. The Morgan fingerprint density at radius 2 is 1.81 bits per heavy atom. The molecule has 0 unspecified atom stereocenters. The first-order valence-electron chi connectivity index (χ1n) is 10.0. The largest absolute Gasteiger partial charge is 0.466 e. The lowest BCUT2D eigenvalue weighted by molar-refractivity contribution is -0.150. The summed E-state index contributed by atoms with van der Waals surface area (Å²) in [6.45, 7) is 13.0. The Labute approximate surface area is 163 Å². The van der Waals surface area contributed by atoms with Crippen LogP contribution in [0, 0.1) is 5.92 Å². The lowest BCUT2D eigenvalue weighted by Gasteiger charge is -2.38. The monoisotopic (exact) mass is 373 g/mol. The third kappa shape index (κ3) is 4.39. The van der Waals surface area contributed by atoms with Crippen LogP contribution in [0.1, 0.15) is 46.6 Å². The van der Waals surface area contributed by atoms with Gasteiger partial charge in [0.15, 0.2) is 0 Å². The zero-order valence-corrected chi connectivity index (χ0v) is 17.2. The van der Waals surface area contributed by atoms with E-state index >= 15 is 0 Å². The number of hydrogen-bond donors (Lipinski definition) is 0. The van der Waals surface area contributed by atoms with Gasteiger partial charge in [0.05, 0.1) is 23.7 Å². The quantitative estimate of drug-likeness (QED) is 0.584. The fourth-order valence-corrected chi connectivity index (χ4v) is 3.92. The minimum Gasteiger partial charge on any atom is -0.466 e. The molecular weight excluding hydrogens is 341 g/mol. The van der Waals surface area contributed by atoms with E-state index in [4.69, 9.17) is 14.0 Å². The molecule has 0 amide bonds. The van der Waals surface area contributed by atoms with Gasteiger partial charge in [0.1, 0.15) is 0 Å². The van der Waals surface area contributed by atoms with E-state index in [1.54, 1.807) is 0 Å². The van der Waals surface area contributed by atoms with E-state index in [1.807, 2.05) is 13.0 Å². The second-order valence-electron chi connectivity index (χ2n) is 8.66. The highest BCUT2D eigenvalue weighted by Gasteiger charge is 2.56. The molecule has 1 aromatic carbocycles. The second-order valence-corrected chi connectivity index (χ2v) is 8.66. The zero-order chi connectivity index (χ0) is 19.7. The minimum atomic E-state index is -0.404. The SMILES string of the molecule is CCOC(=O)[C@H]1CCN(Cc2ccccc2)C[C@@H]1B1OC(C)(C)C(C)(C)O1. The van der Waals surface area contributed by atoms with Crippen molar-refractivity contribution in [1.82, 2.24) is 4.90 Å². The first-order valence-corrected chi connectivity index (χ1v) is 10.0. The van der Waals surface area contributed by atoms with Gasteiger partial charge in [-0.1, -0.05) is 30.3 Å². The summed E-state index contributed by atoms with van der Waals surface area (Å²) in [5.41, 5.74) is 0.469. The third-order valence-corrected chi connectivity index (χ3v) is 6.20. The van der Waals surface area contributed by atoms with Crippen LogP contribution in [-0.4, -0.2) is 48.9 Å². The highest BCUT2D eigenvalue weighted by Crippen LogP contribution is 2.44. The molecule has 0 N–H and O–H groups in total. The molecule has 0 aromatic heterocycles. The molecule has 148 valence electrons. The number of likely N-dealkylation sites (tertiary alicyclic amines) is 1. The molecule has 0 saturated carbocycles. The van der Waals surface area contributed by atoms with Crippen molar-refractivity contribution in [3.05, 3.63) is 35.9 Å². The summed E-state index contributed by atoms with van der Waals surface area (Å²) >= 11 is 0. The Balaban J connectivity index is 1.77. The van der Waals surface area contributed by atoms with Gasteiger partial charge in [-0.05, 0) is 53.1 Å².